The first-order chi connectivity index (χ1) is 8.56. The normalized spacial score (nSPS) is 9.44. The van der Waals surface area contributed by atoms with Crippen molar-refractivity contribution in [1.82, 2.24) is 10.9 Å². The predicted molar refractivity (Wildman–Crippen MR) is 71.3 cm³/mol. The van der Waals surface area contributed by atoms with Gasteiger partial charge >= 0.3 is 0 Å². The van der Waals surface area contributed by atoms with Crippen LogP contribution in [0.5, 0.6) is 11.5 Å². The maximum Gasteiger partial charge on any atom is 0.242 e. The molecule has 0 spiro atoms. The fraction of sp³-hybridized carbons (Fsp3) is 0.273. The molecule has 0 saturated carbocycles. The molecule has 6 nitrogen and oxygen atoms in total. The quantitative estimate of drug-likeness (QED) is 0.531. The van der Waals surface area contributed by atoms with Gasteiger partial charge in [-0.1, -0.05) is 6.07 Å². The highest BCUT2D eigenvalue weighted by molar-refractivity contribution is 7.80. The minimum absolute atomic E-state index is 0.00987. The number of thiocarbonyl (C=S) groups is 1. The Morgan fingerprint density at radius 3 is 2.50 bits per heavy atom. The molecule has 0 saturated heterocycles. The molecule has 1 aromatic rings. The Labute approximate surface area is 110 Å². The number of nitrogens with two attached hydrogens (primary N) is 1. The van der Waals surface area contributed by atoms with Gasteiger partial charge in [0.1, 0.15) is 0 Å². The lowest BCUT2D eigenvalue weighted by molar-refractivity contribution is -0.121. The molecule has 1 rings (SSSR count). The van der Waals surface area contributed by atoms with Crippen molar-refractivity contribution in [2.75, 3.05) is 14.2 Å². The number of rotatable bonds is 4. The molecule has 1 amide bonds. The highest BCUT2D eigenvalue weighted by Gasteiger charge is 2.08. The van der Waals surface area contributed by atoms with Crippen molar-refractivity contribution in [2.24, 2.45) is 5.73 Å². The number of benzene rings is 1. The number of methoxy groups -OCH3 is 2. The van der Waals surface area contributed by atoms with Gasteiger partial charge in [-0.15, -0.1) is 0 Å². The lowest BCUT2D eigenvalue weighted by Gasteiger charge is -2.10. The molecule has 1 aromatic carbocycles. The van der Waals surface area contributed by atoms with Crippen LogP contribution >= 0.6 is 12.2 Å². The minimum Gasteiger partial charge on any atom is -0.493 e. The molecule has 4 N–H and O–H groups in total. The molecule has 98 valence electrons. The van der Waals surface area contributed by atoms with Crippen molar-refractivity contribution in [3.05, 3.63) is 23.8 Å². The van der Waals surface area contributed by atoms with E-state index in [9.17, 15) is 4.79 Å². The van der Waals surface area contributed by atoms with Crippen molar-refractivity contribution < 1.29 is 14.3 Å². The summed E-state index contributed by atoms with van der Waals surface area (Å²) in [7, 11) is 3.09. The molecule has 0 heterocycles. The number of hydrogen-bond acceptors (Lipinski definition) is 4. The summed E-state index contributed by atoms with van der Waals surface area (Å²) in [6.07, 6.45) is 0.177. The van der Waals surface area contributed by atoms with Gasteiger partial charge in [-0.05, 0) is 29.9 Å². The van der Waals surface area contributed by atoms with Gasteiger partial charge in [0.05, 0.1) is 20.6 Å². The number of amides is 1. The molecule has 0 bridgehead atoms. The van der Waals surface area contributed by atoms with Gasteiger partial charge in [0.15, 0.2) is 16.6 Å². The van der Waals surface area contributed by atoms with Crippen LogP contribution in [0.1, 0.15) is 5.56 Å². The first kappa shape index (κ1) is 14.0. The first-order valence-corrected chi connectivity index (χ1v) is 5.53. The van der Waals surface area contributed by atoms with Gasteiger partial charge in [-0.25, -0.2) is 0 Å². The van der Waals surface area contributed by atoms with Crippen molar-refractivity contribution in [2.45, 2.75) is 6.42 Å². The number of hydrazine groups is 1. The van der Waals surface area contributed by atoms with Crippen LogP contribution in [-0.2, 0) is 11.2 Å². The fourth-order valence-corrected chi connectivity index (χ4v) is 1.40. The maximum absolute atomic E-state index is 11.5. The van der Waals surface area contributed by atoms with Crippen LogP contribution in [0.2, 0.25) is 0 Å². The summed E-state index contributed by atoms with van der Waals surface area (Å²) in [5.74, 6) is 0.933. The van der Waals surface area contributed by atoms with Crippen LogP contribution < -0.4 is 26.1 Å². The zero-order valence-electron chi connectivity index (χ0n) is 10.1. The maximum atomic E-state index is 11.5. The third kappa shape index (κ3) is 4.10. The summed E-state index contributed by atoms with van der Waals surface area (Å²) in [5, 5.41) is 0.00987. The Hall–Kier alpha value is -2.02. The van der Waals surface area contributed by atoms with Crippen LogP contribution in [0.15, 0.2) is 18.2 Å². The summed E-state index contributed by atoms with van der Waals surface area (Å²) in [6, 6.07) is 5.25. The van der Waals surface area contributed by atoms with Crippen molar-refractivity contribution in [3.8, 4) is 11.5 Å². The zero-order chi connectivity index (χ0) is 13.5. The van der Waals surface area contributed by atoms with E-state index in [4.69, 9.17) is 15.2 Å². The number of nitrogens with one attached hydrogen (secondary N) is 2. The molecule has 0 aromatic heterocycles. The second-order valence-corrected chi connectivity index (χ2v) is 3.84. The van der Waals surface area contributed by atoms with E-state index < -0.39 is 0 Å². The summed E-state index contributed by atoms with van der Waals surface area (Å²) < 4.78 is 10.2. The van der Waals surface area contributed by atoms with Crippen molar-refractivity contribution in [3.63, 3.8) is 0 Å². The van der Waals surface area contributed by atoms with Crippen LogP contribution in [0.4, 0.5) is 0 Å². The van der Waals surface area contributed by atoms with Crippen molar-refractivity contribution >= 4 is 23.2 Å². The van der Waals surface area contributed by atoms with Gasteiger partial charge < -0.3 is 15.2 Å². The van der Waals surface area contributed by atoms with Gasteiger partial charge in [-0.3, -0.25) is 15.6 Å². The molecular weight excluding hydrogens is 254 g/mol. The predicted octanol–water partition coefficient (Wildman–Crippen LogP) is 0.111. The van der Waals surface area contributed by atoms with Gasteiger partial charge in [0.2, 0.25) is 5.91 Å². The van der Waals surface area contributed by atoms with E-state index in [1.165, 1.54) is 7.11 Å². The molecule has 0 aliphatic heterocycles. The van der Waals surface area contributed by atoms with Crippen LogP contribution in [0, 0.1) is 0 Å². The monoisotopic (exact) mass is 269 g/mol. The van der Waals surface area contributed by atoms with Gasteiger partial charge in [-0.2, -0.15) is 0 Å². The highest BCUT2D eigenvalue weighted by Crippen LogP contribution is 2.27. The minimum atomic E-state index is -0.255. The summed E-state index contributed by atoms with van der Waals surface area (Å²) in [4.78, 5) is 11.5. The Kier molecular flexibility index (Phi) is 5.19. The number of hydrogen-bond donors (Lipinski definition) is 3. The SMILES string of the molecule is COc1ccc(CC(=O)NNC(N)=S)cc1OC. The van der Waals surface area contributed by atoms with E-state index in [2.05, 4.69) is 23.1 Å². The average molecular weight is 269 g/mol. The Morgan fingerprint density at radius 2 is 1.94 bits per heavy atom. The Balaban J connectivity index is 2.67. The third-order valence-electron chi connectivity index (χ3n) is 2.14. The topological polar surface area (TPSA) is 85.6 Å². The molecular formula is C11H15N3O3S. The Morgan fingerprint density at radius 1 is 1.28 bits per heavy atom. The summed E-state index contributed by atoms with van der Waals surface area (Å²) in [5.41, 5.74) is 10.7. The lowest BCUT2D eigenvalue weighted by Crippen LogP contribution is -2.44. The van der Waals surface area contributed by atoms with Crippen molar-refractivity contribution in [1.29, 1.82) is 0 Å². The average Bonchev–Trinajstić information content (AvgIpc) is 2.36. The van der Waals surface area contributed by atoms with Crippen LogP contribution in [-0.4, -0.2) is 25.2 Å². The molecule has 0 unspecified atom stereocenters. The third-order valence-corrected chi connectivity index (χ3v) is 2.24. The van der Waals surface area contributed by atoms with E-state index in [0.717, 1.165) is 5.56 Å². The van der Waals surface area contributed by atoms with E-state index in [0.29, 0.717) is 11.5 Å². The second-order valence-electron chi connectivity index (χ2n) is 3.40. The molecule has 18 heavy (non-hydrogen) atoms. The first-order valence-electron chi connectivity index (χ1n) is 5.12. The molecule has 0 fully saturated rings. The van der Waals surface area contributed by atoms with E-state index >= 15 is 0 Å². The number of carbonyl (C=O) groups excluding carboxylic acids is 1. The highest BCUT2D eigenvalue weighted by atomic mass is 32.1. The molecule has 0 radical (unpaired) electrons. The van der Waals surface area contributed by atoms with Crippen LogP contribution in [0.3, 0.4) is 0 Å². The molecule has 7 heteroatoms. The zero-order valence-corrected chi connectivity index (χ0v) is 11.0. The van der Waals surface area contributed by atoms with Gasteiger partial charge in [0, 0.05) is 0 Å². The van der Waals surface area contributed by atoms with E-state index in [1.54, 1.807) is 25.3 Å². The summed E-state index contributed by atoms with van der Waals surface area (Å²) in [6.45, 7) is 0. The number of ether oxygens (including phenoxy) is 2. The summed E-state index contributed by atoms with van der Waals surface area (Å²) >= 11 is 4.57. The molecule has 0 aliphatic carbocycles. The second kappa shape index (κ2) is 6.65. The Bertz CT molecular complexity index is 451. The van der Waals surface area contributed by atoms with Gasteiger partial charge in [0.25, 0.3) is 0 Å². The van der Waals surface area contributed by atoms with E-state index in [1.807, 2.05) is 0 Å². The standard InChI is InChI=1S/C11H15N3O3S/c1-16-8-4-3-7(5-9(8)17-2)6-10(15)13-14-11(12)18/h3-5H,6H2,1-2H3,(H,13,15)(H3,12,14,18). The molecule has 0 atom stereocenters. The van der Waals surface area contributed by atoms with E-state index in [-0.39, 0.29) is 17.4 Å². The fourth-order valence-electron chi connectivity index (χ4n) is 1.35. The number of carbonyl (C=O) groups is 1. The smallest absolute Gasteiger partial charge is 0.242 e. The largest absolute Gasteiger partial charge is 0.493 e. The molecule has 0 aliphatic rings. The van der Waals surface area contributed by atoms with Crippen LogP contribution in [0.25, 0.3) is 0 Å². The lowest BCUT2D eigenvalue weighted by atomic mass is 10.1.